The highest BCUT2D eigenvalue weighted by Crippen LogP contribution is 2.63. The molecule has 4 aliphatic rings. The molecule has 1 fully saturated rings. The van der Waals surface area contributed by atoms with E-state index >= 15 is 0 Å². The number of anilines is 1. The molecule has 7 nitrogen and oxygen atoms in total. The summed E-state index contributed by atoms with van der Waals surface area (Å²) in [6, 6.07) is 17.2. The average molecular weight is 442 g/mol. The van der Waals surface area contributed by atoms with E-state index in [0.717, 1.165) is 34.4 Å². The van der Waals surface area contributed by atoms with Gasteiger partial charge in [-0.3, -0.25) is 19.7 Å². The first kappa shape index (κ1) is 19.5. The lowest BCUT2D eigenvalue weighted by Gasteiger charge is -2.51. The van der Waals surface area contributed by atoms with Gasteiger partial charge in [-0.2, -0.15) is 0 Å². The second kappa shape index (κ2) is 6.41. The van der Waals surface area contributed by atoms with Crippen molar-refractivity contribution in [3.63, 3.8) is 0 Å². The summed E-state index contributed by atoms with van der Waals surface area (Å²) >= 11 is 0. The Morgan fingerprint density at radius 3 is 2.12 bits per heavy atom. The maximum absolute atomic E-state index is 13.8. The monoisotopic (exact) mass is 442 g/mol. The number of halogens is 1. The predicted octanol–water partition coefficient (Wildman–Crippen LogP) is 3.48. The molecular formula is C25H15FN2O5. The summed E-state index contributed by atoms with van der Waals surface area (Å²) < 4.78 is 13.8. The van der Waals surface area contributed by atoms with Gasteiger partial charge in [0.15, 0.2) is 0 Å². The minimum absolute atomic E-state index is 0.292. The molecule has 2 bridgehead atoms. The van der Waals surface area contributed by atoms with Gasteiger partial charge in [-0.05, 0) is 34.4 Å². The first-order valence-corrected chi connectivity index (χ1v) is 10.4. The summed E-state index contributed by atoms with van der Waals surface area (Å²) in [5.41, 5.74) is 0.547. The number of carbonyl (C=O) groups is 3. The van der Waals surface area contributed by atoms with Gasteiger partial charge >= 0.3 is 0 Å². The van der Waals surface area contributed by atoms with Crippen molar-refractivity contribution in [2.75, 3.05) is 4.90 Å². The molecule has 0 saturated carbocycles. The molecule has 3 aromatic rings. The molecule has 0 aromatic heterocycles. The van der Waals surface area contributed by atoms with Gasteiger partial charge in [0.05, 0.1) is 28.2 Å². The van der Waals surface area contributed by atoms with E-state index in [0.29, 0.717) is 17.2 Å². The number of nitrogens with zero attached hydrogens (tertiary/aromatic N) is 2. The lowest BCUT2D eigenvalue weighted by Crippen LogP contribution is -2.54. The fourth-order valence-corrected chi connectivity index (χ4v) is 6.10. The van der Waals surface area contributed by atoms with Gasteiger partial charge < -0.3 is 4.79 Å². The number of hydrogen-bond donors (Lipinski definition) is 0. The summed E-state index contributed by atoms with van der Waals surface area (Å²) in [7, 11) is 0. The summed E-state index contributed by atoms with van der Waals surface area (Å²) in [5, 5.41) is 11.6. The standard InChI is InChI=1S/C25H15FN2O5/c26-13-9-10-18(19(11-13)28(32)33)27-23(30)21-20-14-5-1-3-7-16(14)25(12-29,22(21)24(27)31)17-8-4-2-6-15(17)20/h1-12,20-22H/t20?,21-,22-,25?/m0/s1. The molecule has 0 N–H and O–H groups in total. The molecule has 8 heteroatoms. The number of aldehydes is 1. The molecule has 1 heterocycles. The first-order valence-electron chi connectivity index (χ1n) is 10.4. The third-order valence-corrected chi connectivity index (χ3v) is 7.24. The van der Waals surface area contributed by atoms with Crippen molar-refractivity contribution in [3.8, 4) is 0 Å². The average Bonchev–Trinajstić information content (AvgIpc) is 3.10. The normalized spacial score (nSPS) is 26.6. The Morgan fingerprint density at radius 1 is 0.939 bits per heavy atom. The Labute approximate surface area is 186 Å². The van der Waals surface area contributed by atoms with Crippen molar-refractivity contribution in [2.24, 2.45) is 11.8 Å². The molecule has 7 rings (SSSR count). The van der Waals surface area contributed by atoms with Gasteiger partial charge in [0.25, 0.3) is 5.69 Å². The van der Waals surface area contributed by atoms with Crippen LogP contribution in [0.5, 0.6) is 0 Å². The van der Waals surface area contributed by atoms with Crippen molar-refractivity contribution in [1.29, 1.82) is 0 Å². The molecule has 0 spiro atoms. The van der Waals surface area contributed by atoms with Crippen molar-refractivity contribution in [1.82, 2.24) is 0 Å². The number of carbonyl (C=O) groups excluding carboxylic acids is 3. The largest absolute Gasteiger partial charge is 0.302 e. The molecule has 1 aliphatic heterocycles. The highest BCUT2D eigenvalue weighted by molar-refractivity contribution is 6.25. The van der Waals surface area contributed by atoms with E-state index in [1.807, 2.05) is 24.3 Å². The van der Waals surface area contributed by atoms with Crippen LogP contribution in [-0.4, -0.2) is 23.0 Å². The third kappa shape index (κ3) is 2.20. The van der Waals surface area contributed by atoms with Crippen LogP contribution in [0.25, 0.3) is 0 Å². The van der Waals surface area contributed by atoms with E-state index < -0.39 is 51.4 Å². The fourth-order valence-electron chi connectivity index (χ4n) is 6.10. The van der Waals surface area contributed by atoms with Crippen LogP contribution < -0.4 is 4.90 Å². The third-order valence-electron chi connectivity index (χ3n) is 7.24. The van der Waals surface area contributed by atoms with Crippen LogP contribution in [0.15, 0.2) is 66.7 Å². The van der Waals surface area contributed by atoms with E-state index in [2.05, 4.69) is 0 Å². The topological polar surface area (TPSA) is 97.6 Å². The van der Waals surface area contributed by atoms with Gasteiger partial charge in [0.2, 0.25) is 11.8 Å². The van der Waals surface area contributed by atoms with Gasteiger partial charge in [-0.25, -0.2) is 9.29 Å². The van der Waals surface area contributed by atoms with Gasteiger partial charge in [-0.1, -0.05) is 48.5 Å². The van der Waals surface area contributed by atoms with Gasteiger partial charge in [0, 0.05) is 5.92 Å². The SMILES string of the molecule is O=CC12c3ccccc3C(c3ccccc31)[C@@H]1C(=O)N(c3ccc(F)cc3[N+](=O)[O-])C(=O)[C@H]12. The van der Waals surface area contributed by atoms with Crippen molar-refractivity contribution in [2.45, 2.75) is 11.3 Å². The molecule has 3 aliphatic carbocycles. The van der Waals surface area contributed by atoms with Crippen molar-refractivity contribution < 1.29 is 23.7 Å². The summed E-state index contributed by atoms with van der Waals surface area (Å²) in [4.78, 5) is 52.0. The van der Waals surface area contributed by atoms with Crippen LogP contribution in [0, 0.1) is 27.8 Å². The molecule has 33 heavy (non-hydrogen) atoms. The fraction of sp³-hybridized carbons (Fsp3) is 0.160. The molecule has 2 amide bonds. The Morgan fingerprint density at radius 2 is 1.55 bits per heavy atom. The number of amides is 2. The molecule has 1 saturated heterocycles. The van der Waals surface area contributed by atoms with Crippen LogP contribution in [0.3, 0.4) is 0 Å². The quantitative estimate of drug-likeness (QED) is 0.268. The van der Waals surface area contributed by atoms with Gasteiger partial charge in [-0.15, -0.1) is 0 Å². The van der Waals surface area contributed by atoms with E-state index in [-0.39, 0.29) is 5.69 Å². The molecule has 2 atom stereocenters. The molecule has 0 unspecified atom stereocenters. The van der Waals surface area contributed by atoms with Crippen LogP contribution in [0.2, 0.25) is 0 Å². The van der Waals surface area contributed by atoms with Crippen LogP contribution in [0.4, 0.5) is 15.8 Å². The van der Waals surface area contributed by atoms with Crippen molar-refractivity contribution >= 4 is 29.5 Å². The summed E-state index contributed by atoms with van der Waals surface area (Å²) in [6.07, 6.45) is 0.728. The van der Waals surface area contributed by atoms with Crippen molar-refractivity contribution in [3.05, 3.63) is 105 Å². The summed E-state index contributed by atoms with van der Waals surface area (Å²) in [6.45, 7) is 0. The minimum Gasteiger partial charge on any atom is -0.302 e. The first-order chi connectivity index (χ1) is 15.9. The zero-order chi connectivity index (χ0) is 23.1. The number of rotatable bonds is 3. The smallest absolute Gasteiger partial charge is 0.296 e. The van der Waals surface area contributed by atoms with Crippen LogP contribution >= 0.6 is 0 Å². The lowest BCUT2D eigenvalue weighted by molar-refractivity contribution is -0.384. The molecule has 0 radical (unpaired) electrons. The van der Waals surface area contributed by atoms with E-state index in [9.17, 15) is 28.9 Å². The predicted molar refractivity (Wildman–Crippen MR) is 114 cm³/mol. The number of benzene rings is 3. The Balaban J connectivity index is 1.64. The lowest BCUT2D eigenvalue weighted by atomic mass is 9.48. The molecular weight excluding hydrogens is 427 g/mol. The van der Waals surface area contributed by atoms with Crippen LogP contribution in [-0.2, 0) is 19.8 Å². The highest BCUT2D eigenvalue weighted by atomic mass is 19.1. The number of nitro groups is 1. The Bertz CT molecular complexity index is 1370. The number of imide groups is 1. The maximum atomic E-state index is 13.8. The maximum Gasteiger partial charge on any atom is 0.296 e. The second-order valence-corrected chi connectivity index (χ2v) is 8.54. The molecule has 162 valence electrons. The Hall–Kier alpha value is -4.20. The zero-order valence-corrected chi connectivity index (χ0v) is 17.0. The summed E-state index contributed by atoms with van der Waals surface area (Å²) in [5.74, 6) is -4.61. The van der Waals surface area contributed by atoms with Crippen LogP contribution in [0.1, 0.15) is 28.2 Å². The molecule has 3 aromatic carbocycles. The Kier molecular flexibility index (Phi) is 3.79. The van der Waals surface area contributed by atoms with E-state index in [1.54, 1.807) is 24.3 Å². The zero-order valence-electron chi connectivity index (χ0n) is 17.0. The van der Waals surface area contributed by atoms with E-state index in [1.165, 1.54) is 0 Å². The number of hydrogen-bond acceptors (Lipinski definition) is 5. The van der Waals surface area contributed by atoms with Gasteiger partial charge in [0.1, 0.15) is 17.8 Å². The minimum atomic E-state index is -1.40. The second-order valence-electron chi connectivity index (χ2n) is 8.54. The highest BCUT2D eigenvalue weighted by Gasteiger charge is 2.68. The number of nitro benzene ring substituents is 1. The van der Waals surface area contributed by atoms with E-state index in [4.69, 9.17) is 0 Å².